The summed E-state index contributed by atoms with van der Waals surface area (Å²) in [4.78, 5) is 63.9. The normalized spacial score (nSPS) is 12.3. The first-order valence-electron chi connectivity index (χ1n) is 10.7. The van der Waals surface area contributed by atoms with Crippen LogP contribution < -0.4 is 10.6 Å². The zero-order valence-electron chi connectivity index (χ0n) is 18.9. The fourth-order valence-corrected chi connectivity index (χ4v) is 4.66. The third-order valence-corrected chi connectivity index (χ3v) is 6.18. The minimum atomic E-state index is -0.639. The molecule has 1 aliphatic heterocycles. The maximum absolute atomic E-state index is 12.9. The molecule has 0 saturated heterocycles. The third-order valence-electron chi connectivity index (χ3n) is 5.14. The molecule has 9 nitrogen and oxygen atoms in total. The van der Waals surface area contributed by atoms with E-state index in [2.05, 4.69) is 10.6 Å². The van der Waals surface area contributed by atoms with Crippen molar-refractivity contribution in [3.63, 3.8) is 0 Å². The molecule has 2 N–H and O–H groups in total. The second-order valence-corrected chi connectivity index (χ2v) is 8.77. The number of hydrogen-bond acceptors (Lipinski definition) is 7. The Labute approximate surface area is 204 Å². The van der Waals surface area contributed by atoms with Crippen molar-refractivity contribution in [2.45, 2.75) is 20.4 Å². The summed E-state index contributed by atoms with van der Waals surface area (Å²) >= 11 is 1.07. The van der Waals surface area contributed by atoms with E-state index >= 15 is 0 Å². The number of rotatable bonds is 7. The van der Waals surface area contributed by atoms with Crippen LogP contribution in [-0.2, 0) is 16.1 Å². The molecule has 1 aliphatic rings. The zero-order chi connectivity index (χ0) is 25.1. The fourth-order valence-electron chi connectivity index (χ4n) is 3.63. The molecule has 0 aliphatic carbocycles. The molecule has 0 unspecified atom stereocenters. The van der Waals surface area contributed by atoms with Gasteiger partial charge < -0.3 is 15.4 Å². The van der Waals surface area contributed by atoms with Crippen molar-refractivity contribution in [1.82, 2.24) is 4.90 Å². The van der Waals surface area contributed by atoms with Gasteiger partial charge in [-0.2, -0.15) is 0 Å². The minimum absolute atomic E-state index is 0.0582. The molecule has 0 bridgehead atoms. The monoisotopic (exact) mass is 491 g/mol. The molecule has 2 aromatic carbocycles. The first-order chi connectivity index (χ1) is 16.8. The molecule has 0 atom stereocenters. The van der Waals surface area contributed by atoms with Gasteiger partial charge in [-0.1, -0.05) is 18.2 Å². The molecular formula is C25H21N3O6S. The number of nitrogens with zero attached hydrogens (tertiary/aromatic N) is 1. The average molecular weight is 492 g/mol. The maximum atomic E-state index is 12.9. The lowest BCUT2D eigenvalue weighted by Crippen LogP contribution is -2.28. The van der Waals surface area contributed by atoms with E-state index in [0.717, 1.165) is 16.2 Å². The Morgan fingerprint density at radius 3 is 2.26 bits per heavy atom. The second-order valence-electron chi connectivity index (χ2n) is 7.63. The number of benzene rings is 2. The SMILES string of the molecule is CCOC(=O)c1cc(CN2C(=O)c3ccccc3C2=O)sc1NC(=O)c1cccc(NC(C)=O)c1. The van der Waals surface area contributed by atoms with Crippen LogP contribution in [0.1, 0.15) is 60.2 Å². The van der Waals surface area contributed by atoms with E-state index in [1.807, 2.05) is 0 Å². The van der Waals surface area contributed by atoms with Crippen LogP contribution >= 0.6 is 11.3 Å². The van der Waals surface area contributed by atoms with Gasteiger partial charge in [0.1, 0.15) is 5.00 Å². The molecule has 35 heavy (non-hydrogen) atoms. The topological polar surface area (TPSA) is 122 Å². The Kier molecular flexibility index (Phi) is 6.74. The van der Waals surface area contributed by atoms with Gasteiger partial charge in [0.15, 0.2) is 0 Å². The Morgan fingerprint density at radius 1 is 0.943 bits per heavy atom. The Morgan fingerprint density at radius 2 is 1.63 bits per heavy atom. The minimum Gasteiger partial charge on any atom is -0.462 e. The van der Waals surface area contributed by atoms with Gasteiger partial charge in [0.25, 0.3) is 17.7 Å². The largest absolute Gasteiger partial charge is 0.462 e. The van der Waals surface area contributed by atoms with Crippen molar-refractivity contribution in [2.24, 2.45) is 0 Å². The summed E-state index contributed by atoms with van der Waals surface area (Å²) in [7, 11) is 0. The molecule has 178 valence electrons. The molecule has 10 heteroatoms. The highest BCUT2D eigenvalue weighted by Gasteiger charge is 2.35. The number of hydrogen-bond donors (Lipinski definition) is 2. The van der Waals surface area contributed by atoms with E-state index in [1.165, 1.54) is 19.1 Å². The number of fused-ring (bicyclic) bond motifs is 1. The smallest absolute Gasteiger partial charge is 0.341 e. The number of amides is 4. The van der Waals surface area contributed by atoms with Gasteiger partial charge in [0, 0.05) is 23.1 Å². The van der Waals surface area contributed by atoms with Gasteiger partial charge in [0.2, 0.25) is 5.91 Å². The van der Waals surface area contributed by atoms with Gasteiger partial charge in [-0.3, -0.25) is 24.1 Å². The van der Waals surface area contributed by atoms with E-state index in [0.29, 0.717) is 21.7 Å². The highest BCUT2D eigenvalue weighted by atomic mass is 32.1. The summed E-state index contributed by atoms with van der Waals surface area (Å²) in [6.07, 6.45) is 0. The van der Waals surface area contributed by atoms with E-state index in [-0.39, 0.29) is 35.2 Å². The fraction of sp³-hybridized carbons (Fsp3) is 0.160. The predicted molar refractivity (Wildman–Crippen MR) is 130 cm³/mol. The summed E-state index contributed by atoms with van der Waals surface area (Å²) in [5.41, 5.74) is 1.49. The molecule has 0 spiro atoms. The Balaban J connectivity index is 1.59. The summed E-state index contributed by atoms with van der Waals surface area (Å²) < 4.78 is 5.12. The van der Waals surface area contributed by atoms with Crippen molar-refractivity contribution < 1.29 is 28.7 Å². The molecule has 2 heterocycles. The average Bonchev–Trinajstić information content (AvgIpc) is 3.33. The van der Waals surface area contributed by atoms with Crippen LogP contribution in [0.2, 0.25) is 0 Å². The van der Waals surface area contributed by atoms with Crippen molar-refractivity contribution in [3.8, 4) is 0 Å². The van der Waals surface area contributed by atoms with E-state index in [1.54, 1.807) is 49.4 Å². The number of thiophene rings is 1. The lowest BCUT2D eigenvalue weighted by atomic mass is 10.1. The number of esters is 1. The van der Waals surface area contributed by atoms with Crippen molar-refractivity contribution >= 4 is 51.6 Å². The molecule has 4 rings (SSSR count). The van der Waals surface area contributed by atoms with Crippen molar-refractivity contribution in [2.75, 3.05) is 17.2 Å². The Bertz CT molecular complexity index is 1330. The summed E-state index contributed by atoms with van der Waals surface area (Å²) in [6.45, 7) is 3.10. The number of carbonyl (C=O) groups is 5. The van der Waals surface area contributed by atoms with Gasteiger partial charge in [-0.15, -0.1) is 11.3 Å². The molecule has 0 radical (unpaired) electrons. The predicted octanol–water partition coefficient (Wildman–Crippen LogP) is 3.93. The second kappa shape index (κ2) is 9.90. The number of imide groups is 1. The molecule has 3 aromatic rings. The van der Waals surface area contributed by atoms with Crippen LogP contribution in [0.15, 0.2) is 54.6 Å². The number of anilines is 2. The molecule has 0 fully saturated rings. The molecule has 0 saturated carbocycles. The van der Waals surface area contributed by atoms with Crippen LogP contribution in [-0.4, -0.2) is 41.1 Å². The van der Waals surface area contributed by atoms with Gasteiger partial charge in [-0.25, -0.2) is 4.79 Å². The first-order valence-corrected chi connectivity index (χ1v) is 11.5. The molecule has 1 aromatic heterocycles. The van der Waals surface area contributed by atoms with Crippen LogP contribution in [0.4, 0.5) is 10.7 Å². The zero-order valence-corrected chi connectivity index (χ0v) is 19.7. The van der Waals surface area contributed by atoms with Gasteiger partial charge in [0.05, 0.1) is 29.8 Å². The lowest BCUT2D eigenvalue weighted by Gasteiger charge is -2.12. The standard InChI is InChI=1S/C25H21N3O6S/c1-3-34-25(33)20-12-17(13-28-23(31)18-9-4-5-10-19(18)24(28)32)35-22(20)27-21(30)15-7-6-8-16(11-15)26-14(2)29/h4-12H,3,13H2,1-2H3,(H,26,29)(H,27,30). The highest BCUT2D eigenvalue weighted by Crippen LogP contribution is 2.33. The number of ether oxygens (including phenoxy) is 1. The van der Waals surface area contributed by atoms with Crippen molar-refractivity contribution in [3.05, 3.63) is 81.7 Å². The maximum Gasteiger partial charge on any atom is 0.341 e. The van der Waals surface area contributed by atoms with Crippen molar-refractivity contribution in [1.29, 1.82) is 0 Å². The summed E-state index contributed by atoms with van der Waals surface area (Å²) in [5.74, 6) is -2.26. The summed E-state index contributed by atoms with van der Waals surface area (Å²) in [5, 5.41) is 5.55. The number of nitrogens with one attached hydrogen (secondary N) is 2. The summed E-state index contributed by atoms with van der Waals surface area (Å²) in [6, 6.07) is 14.4. The van der Waals surface area contributed by atoms with Crippen LogP contribution in [0.3, 0.4) is 0 Å². The third kappa shape index (κ3) is 4.97. The lowest BCUT2D eigenvalue weighted by molar-refractivity contribution is -0.114. The van der Waals surface area contributed by atoms with Crippen LogP contribution in [0.25, 0.3) is 0 Å². The van der Waals surface area contributed by atoms with E-state index in [9.17, 15) is 24.0 Å². The van der Waals surface area contributed by atoms with Gasteiger partial charge in [-0.05, 0) is 43.3 Å². The van der Waals surface area contributed by atoms with E-state index < -0.39 is 23.7 Å². The van der Waals surface area contributed by atoms with Crippen LogP contribution in [0, 0.1) is 0 Å². The van der Waals surface area contributed by atoms with E-state index in [4.69, 9.17) is 4.74 Å². The van der Waals surface area contributed by atoms with Crippen LogP contribution in [0.5, 0.6) is 0 Å². The molecule has 4 amide bonds. The Hall–Kier alpha value is -4.31. The number of carbonyl (C=O) groups excluding carboxylic acids is 5. The first kappa shape index (κ1) is 23.8. The van der Waals surface area contributed by atoms with Gasteiger partial charge >= 0.3 is 5.97 Å². The molecular weight excluding hydrogens is 470 g/mol. The quantitative estimate of drug-likeness (QED) is 0.381. The highest BCUT2D eigenvalue weighted by molar-refractivity contribution is 7.16.